The van der Waals surface area contributed by atoms with Gasteiger partial charge in [-0.2, -0.15) is 0 Å². The second-order valence-corrected chi connectivity index (χ2v) is 20.5. The van der Waals surface area contributed by atoms with Crippen molar-refractivity contribution in [3.63, 3.8) is 0 Å². The summed E-state index contributed by atoms with van der Waals surface area (Å²) in [6.07, 6.45) is 0. The lowest BCUT2D eigenvalue weighted by Gasteiger charge is -2.35. The maximum atomic E-state index is 2.48. The molecular formula is C58H41NSSi. The first-order valence-electron chi connectivity index (χ1n) is 20.9. The van der Waals surface area contributed by atoms with E-state index in [9.17, 15) is 0 Å². The van der Waals surface area contributed by atoms with Crippen LogP contribution in [0.15, 0.2) is 249 Å². The molecule has 0 unspecified atom stereocenters. The summed E-state index contributed by atoms with van der Waals surface area (Å²) >= 11 is 1.87. The summed E-state index contributed by atoms with van der Waals surface area (Å²) < 4.78 is 2.57. The first-order chi connectivity index (χ1) is 30.3. The Morgan fingerprint density at radius 3 is 1.57 bits per heavy atom. The van der Waals surface area contributed by atoms with E-state index >= 15 is 0 Å². The van der Waals surface area contributed by atoms with Crippen LogP contribution >= 0.6 is 11.3 Å². The van der Waals surface area contributed by atoms with Crippen molar-refractivity contribution in [3.8, 4) is 22.3 Å². The molecule has 0 aliphatic heterocycles. The average molecular weight is 812 g/mol. The lowest BCUT2D eigenvalue weighted by molar-refractivity contribution is 1.30. The van der Waals surface area contributed by atoms with Crippen molar-refractivity contribution in [1.82, 2.24) is 0 Å². The molecule has 61 heavy (non-hydrogen) atoms. The van der Waals surface area contributed by atoms with Gasteiger partial charge in [0, 0.05) is 26.8 Å². The molecule has 1 heterocycles. The van der Waals surface area contributed by atoms with Gasteiger partial charge >= 0.3 is 0 Å². The van der Waals surface area contributed by atoms with Gasteiger partial charge in [-0.1, -0.05) is 206 Å². The molecule has 0 bridgehead atoms. The molecule has 0 amide bonds. The normalized spacial score (nSPS) is 11.6. The van der Waals surface area contributed by atoms with Crippen molar-refractivity contribution < 1.29 is 0 Å². The van der Waals surface area contributed by atoms with E-state index in [0.29, 0.717) is 0 Å². The van der Waals surface area contributed by atoms with E-state index in [1.807, 2.05) is 11.3 Å². The van der Waals surface area contributed by atoms with Crippen molar-refractivity contribution in [2.45, 2.75) is 0 Å². The summed E-state index contributed by atoms with van der Waals surface area (Å²) in [6.45, 7) is 0. The monoisotopic (exact) mass is 811 g/mol. The van der Waals surface area contributed by atoms with Crippen LogP contribution in [0.4, 0.5) is 17.1 Å². The minimum Gasteiger partial charge on any atom is -0.309 e. The lowest BCUT2D eigenvalue weighted by atomic mass is 9.95. The molecule has 10 aromatic carbocycles. The Labute approximate surface area is 362 Å². The fourth-order valence-electron chi connectivity index (χ4n) is 9.41. The highest BCUT2D eigenvalue weighted by Crippen LogP contribution is 2.45. The zero-order chi connectivity index (χ0) is 40.6. The molecule has 11 aromatic rings. The molecule has 3 heteroatoms. The fraction of sp³-hybridized carbons (Fsp3) is 0. The van der Waals surface area contributed by atoms with Gasteiger partial charge in [-0.05, 0) is 96.2 Å². The molecule has 288 valence electrons. The molecule has 11 rings (SSSR count). The number of fused-ring (bicyclic) bond motifs is 4. The molecule has 0 spiro atoms. The van der Waals surface area contributed by atoms with Gasteiger partial charge in [0.05, 0.1) is 10.4 Å². The van der Waals surface area contributed by atoms with Crippen molar-refractivity contribution in [2.24, 2.45) is 0 Å². The lowest BCUT2D eigenvalue weighted by Crippen LogP contribution is -2.74. The second kappa shape index (κ2) is 15.7. The summed E-state index contributed by atoms with van der Waals surface area (Å²) in [7, 11) is -2.78. The number of hydrogen-bond donors (Lipinski definition) is 0. The van der Waals surface area contributed by atoms with Crippen LogP contribution in [0.2, 0.25) is 0 Å². The zero-order valence-corrected chi connectivity index (χ0v) is 35.3. The van der Waals surface area contributed by atoms with Gasteiger partial charge in [0.25, 0.3) is 0 Å². The topological polar surface area (TPSA) is 3.24 Å². The molecule has 0 atom stereocenters. The van der Waals surface area contributed by atoms with Crippen LogP contribution in [-0.2, 0) is 0 Å². The van der Waals surface area contributed by atoms with Gasteiger partial charge in [-0.15, -0.1) is 11.3 Å². The molecule has 0 saturated carbocycles. The molecule has 0 radical (unpaired) electrons. The third-order valence-electron chi connectivity index (χ3n) is 12.2. The van der Waals surface area contributed by atoms with E-state index in [2.05, 4.69) is 254 Å². The standard InChI is InChI=1S/C58H41NSSi/c1-5-18-43(19-6-1)52-30-15-20-45-40-44(36-39-53(45)52)42-34-37-46(38-35-42)59(56-32-17-31-55-54-29-13-14-33-57(54)60-58(55)56)47-21-16-28-51(41-47)61(48-22-7-2-8-23-48,49-24-9-3-10-25-49)50-26-11-4-12-27-50/h1-41H. The largest absolute Gasteiger partial charge is 0.309 e. The predicted molar refractivity (Wildman–Crippen MR) is 266 cm³/mol. The fourth-order valence-corrected chi connectivity index (χ4v) is 15.4. The van der Waals surface area contributed by atoms with Crippen LogP contribution in [-0.4, -0.2) is 8.07 Å². The minimum atomic E-state index is -2.78. The summed E-state index contributed by atoms with van der Waals surface area (Å²) in [5.74, 6) is 0. The summed E-state index contributed by atoms with van der Waals surface area (Å²) in [5, 5.41) is 10.5. The van der Waals surface area contributed by atoms with Crippen molar-refractivity contribution >= 4 is 88.2 Å². The predicted octanol–water partition coefficient (Wildman–Crippen LogP) is 13.4. The van der Waals surface area contributed by atoms with Crippen LogP contribution in [0.5, 0.6) is 0 Å². The number of nitrogens with zero attached hydrogens (tertiary/aromatic N) is 1. The van der Waals surface area contributed by atoms with Gasteiger partial charge in [-0.25, -0.2) is 0 Å². The maximum absolute atomic E-state index is 2.78. The number of benzene rings is 10. The summed E-state index contributed by atoms with van der Waals surface area (Å²) in [5.41, 5.74) is 8.31. The van der Waals surface area contributed by atoms with E-state index in [-0.39, 0.29) is 0 Å². The zero-order valence-electron chi connectivity index (χ0n) is 33.5. The summed E-state index contributed by atoms with van der Waals surface area (Å²) in [4.78, 5) is 2.48. The molecule has 0 fully saturated rings. The molecule has 0 N–H and O–H groups in total. The van der Waals surface area contributed by atoms with Crippen LogP contribution in [0.25, 0.3) is 53.2 Å². The Morgan fingerprint density at radius 2 is 0.885 bits per heavy atom. The van der Waals surface area contributed by atoms with Crippen LogP contribution in [0.1, 0.15) is 0 Å². The minimum absolute atomic E-state index is 1.12. The number of anilines is 3. The molecule has 0 aliphatic rings. The van der Waals surface area contributed by atoms with E-state index in [0.717, 1.165) is 11.4 Å². The molecule has 0 saturated heterocycles. The number of thiophene rings is 1. The number of hydrogen-bond acceptors (Lipinski definition) is 2. The smallest absolute Gasteiger partial charge is 0.179 e. The highest BCUT2D eigenvalue weighted by atomic mass is 32.1. The molecule has 1 nitrogen and oxygen atoms in total. The molecular weight excluding hydrogens is 771 g/mol. The van der Waals surface area contributed by atoms with Gasteiger partial charge in [0.2, 0.25) is 0 Å². The third-order valence-corrected chi connectivity index (χ3v) is 18.2. The first kappa shape index (κ1) is 36.8. The quantitative estimate of drug-likeness (QED) is 0.104. The van der Waals surface area contributed by atoms with Gasteiger partial charge in [-0.3, -0.25) is 0 Å². The van der Waals surface area contributed by atoms with Crippen LogP contribution < -0.4 is 25.6 Å². The SMILES string of the molecule is c1ccc(-c2cccc3cc(-c4ccc(N(c5cccc([Si](c6ccccc6)(c6ccccc6)c6ccccc6)c5)c5cccc6c5sc5ccccc56)cc4)ccc23)cc1. The highest BCUT2D eigenvalue weighted by molar-refractivity contribution is 7.26. The van der Waals surface area contributed by atoms with Gasteiger partial charge in [0.1, 0.15) is 0 Å². The van der Waals surface area contributed by atoms with Crippen LogP contribution in [0.3, 0.4) is 0 Å². The average Bonchev–Trinajstić information content (AvgIpc) is 3.73. The van der Waals surface area contributed by atoms with Crippen molar-refractivity contribution in [3.05, 3.63) is 249 Å². The van der Waals surface area contributed by atoms with Gasteiger partial charge in [0.15, 0.2) is 8.07 Å². The Hall–Kier alpha value is -7.30. The van der Waals surface area contributed by atoms with Crippen LogP contribution in [0, 0.1) is 0 Å². The van der Waals surface area contributed by atoms with E-state index in [1.165, 1.54) is 79.6 Å². The molecule has 0 aliphatic carbocycles. The van der Waals surface area contributed by atoms with E-state index in [4.69, 9.17) is 0 Å². The second-order valence-electron chi connectivity index (χ2n) is 15.6. The van der Waals surface area contributed by atoms with Gasteiger partial charge < -0.3 is 4.90 Å². The number of rotatable bonds is 9. The first-order valence-corrected chi connectivity index (χ1v) is 23.7. The van der Waals surface area contributed by atoms with E-state index in [1.54, 1.807) is 0 Å². The van der Waals surface area contributed by atoms with E-state index < -0.39 is 8.07 Å². The third kappa shape index (κ3) is 6.47. The maximum Gasteiger partial charge on any atom is 0.179 e. The summed E-state index contributed by atoms with van der Waals surface area (Å²) in [6, 6.07) is 91.9. The highest BCUT2D eigenvalue weighted by Gasteiger charge is 2.41. The molecule has 1 aromatic heterocycles. The Morgan fingerprint density at radius 1 is 0.328 bits per heavy atom. The van der Waals surface area contributed by atoms with Crippen molar-refractivity contribution in [2.75, 3.05) is 4.90 Å². The Balaban J connectivity index is 1.09. The Kier molecular flexibility index (Phi) is 9.46. The Bertz CT molecular complexity index is 3190. The van der Waals surface area contributed by atoms with Crippen molar-refractivity contribution in [1.29, 1.82) is 0 Å².